The van der Waals surface area contributed by atoms with Crippen molar-refractivity contribution in [2.45, 2.75) is 25.7 Å². The number of nitrogens with one attached hydrogen (secondary N) is 1. The van der Waals surface area contributed by atoms with E-state index < -0.39 is 23.7 Å². The Morgan fingerprint density at radius 3 is 1.97 bits per heavy atom. The van der Waals surface area contributed by atoms with E-state index in [2.05, 4.69) is 5.32 Å². The Kier molecular flexibility index (Phi) is 8.59. The number of esters is 1. The van der Waals surface area contributed by atoms with Crippen LogP contribution in [0.1, 0.15) is 46.4 Å². The van der Waals surface area contributed by atoms with Gasteiger partial charge in [0.1, 0.15) is 0 Å². The molecule has 11 heteroatoms. The first-order chi connectivity index (χ1) is 15.7. The highest BCUT2D eigenvalue weighted by Gasteiger charge is 2.41. The number of hydrogen-bond acceptors (Lipinski definition) is 5. The first kappa shape index (κ1) is 25.3. The molecule has 33 heavy (non-hydrogen) atoms. The van der Waals surface area contributed by atoms with Crippen LogP contribution < -0.4 is 5.32 Å². The molecule has 1 heterocycles. The molecule has 0 radical (unpaired) electrons. The quantitative estimate of drug-likeness (QED) is 0.149. The molecule has 0 fully saturated rings. The Bertz CT molecular complexity index is 1060. The number of anilines is 1. The number of imide groups is 1. The molecule has 0 saturated heterocycles. The third-order valence-electron chi connectivity index (χ3n) is 4.87. The summed E-state index contributed by atoms with van der Waals surface area (Å²) in [6.07, 6.45) is 1.55. The van der Waals surface area contributed by atoms with Crippen molar-refractivity contribution in [1.29, 1.82) is 0 Å². The predicted octanol–water partition coefficient (Wildman–Crippen LogP) is 5.64. The fraction of sp³-hybridized carbons (Fsp3) is 0.273. The summed E-state index contributed by atoms with van der Waals surface area (Å²) in [6.45, 7) is -0.266. The third-order valence-corrected chi connectivity index (χ3v) is 6.67. The van der Waals surface area contributed by atoms with Crippen LogP contribution in [0.2, 0.25) is 20.1 Å². The van der Waals surface area contributed by atoms with Crippen LogP contribution in [0.25, 0.3) is 0 Å². The molecule has 0 unspecified atom stereocenters. The van der Waals surface area contributed by atoms with Gasteiger partial charge < -0.3 is 10.1 Å². The zero-order chi connectivity index (χ0) is 24.1. The van der Waals surface area contributed by atoms with E-state index in [0.29, 0.717) is 24.9 Å². The largest absolute Gasteiger partial charge is 0.456 e. The van der Waals surface area contributed by atoms with Gasteiger partial charge in [0.05, 0.1) is 31.2 Å². The van der Waals surface area contributed by atoms with E-state index in [9.17, 15) is 19.2 Å². The number of nitrogens with zero attached hydrogens (tertiary/aromatic N) is 1. The van der Waals surface area contributed by atoms with Crippen LogP contribution in [0.4, 0.5) is 5.69 Å². The summed E-state index contributed by atoms with van der Waals surface area (Å²) in [5.74, 6) is -2.13. The van der Waals surface area contributed by atoms with Crippen LogP contribution >= 0.6 is 46.4 Å². The molecule has 7 nitrogen and oxygen atoms in total. The molecule has 1 N–H and O–H groups in total. The maximum atomic E-state index is 12.6. The molecule has 3 amide bonds. The van der Waals surface area contributed by atoms with Gasteiger partial charge in [-0.05, 0) is 25.0 Å². The molecule has 2 aromatic carbocycles. The van der Waals surface area contributed by atoms with E-state index in [4.69, 9.17) is 51.1 Å². The number of halogens is 4. The normalized spacial score (nSPS) is 12.7. The van der Waals surface area contributed by atoms with Crippen molar-refractivity contribution in [2.24, 2.45) is 0 Å². The molecular formula is C22H18Cl4N2O5. The summed E-state index contributed by atoms with van der Waals surface area (Å²) < 4.78 is 4.96. The van der Waals surface area contributed by atoms with Gasteiger partial charge in [0.2, 0.25) is 0 Å². The van der Waals surface area contributed by atoms with E-state index in [0.717, 1.165) is 4.90 Å². The molecule has 0 atom stereocenters. The van der Waals surface area contributed by atoms with E-state index >= 15 is 0 Å². The molecule has 3 rings (SSSR count). The maximum absolute atomic E-state index is 12.6. The number of carbonyl (C=O) groups excluding carboxylic acids is 4. The van der Waals surface area contributed by atoms with Gasteiger partial charge in [-0.15, -0.1) is 0 Å². The second kappa shape index (κ2) is 11.2. The smallest absolute Gasteiger partial charge is 0.306 e. The van der Waals surface area contributed by atoms with Crippen LogP contribution in [-0.2, 0) is 14.3 Å². The Hall–Kier alpha value is -2.32. The van der Waals surface area contributed by atoms with E-state index in [-0.39, 0.29) is 50.8 Å². The highest BCUT2D eigenvalue weighted by Crippen LogP contribution is 2.44. The summed E-state index contributed by atoms with van der Waals surface area (Å²) in [6, 6.07) is 8.81. The van der Waals surface area contributed by atoms with Crippen molar-refractivity contribution in [3.63, 3.8) is 0 Å². The number of amides is 3. The minimum absolute atomic E-state index is 0.0570. The maximum Gasteiger partial charge on any atom is 0.306 e. The lowest BCUT2D eigenvalue weighted by molar-refractivity contribution is -0.147. The van der Waals surface area contributed by atoms with Crippen molar-refractivity contribution in [3.05, 3.63) is 61.5 Å². The summed E-state index contributed by atoms with van der Waals surface area (Å²) in [5.41, 5.74) is 0.496. The highest BCUT2D eigenvalue weighted by atomic mass is 35.5. The minimum Gasteiger partial charge on any atom is -0.456 e. The third kappa shape index (κ3) is 5.79. The summed E-state index contributed by atoms with van der Waals surface area (Å²) in [7, 11) is 0. The molecule has 1 aliphatic rings. The van der Waals surface area contributed by atoms with Gasteiger partial charge in [0.15, 0.2) is 6.61 Å². The molecule has 1 aliphatic heterocycles. The van der Waals surface area contributed by atoms with Crippen molar-refractivity contribution >= 4 is 75.8 Å². The van der Waals surface area contributed by atoms with Crippen LogP contribution in [0.15, 0.2) is 30.3 Å². The number of rotatable bonds is 9. The monoisotopic (exact) mass is 530 g/mol. The highest BCUT2D eigenvalue weighted by molar-refractivity contribution is 6.55. The number of fused-ring (bicyclic) bond motifs is 1. The fourth-order valence-electron chi connectivity index (χ4n) is 3.25. The van der Waals surface area contributed by atoms with Gasteiger partial charge in [-0.25, -0.2) is 0 Å². The minimum atomic E-state index is -0.593. The lowest BCUT2D eigenvalue weighted by Crippen LogP contribution is -2.30. The number of unbranched alkanes of at least 4 members (excludes halogenated alkanes) is 2. The average Bonchev–Trinajstić information content (AvgIpc) is 3.05. The topological polar surface area (TPSA) is 92.8 Å². The van der Waals surface area contributed by atoms with Crippen LogP contribution in [0.3, 0.4) is 0 Å². The van der Waals surface area contributed by atoms with Crippen molar-refractivity contribution in [3.8, 4) is 0 Å². The lowest BCUT2D eigenvalue weighted by atomic mass is 10.1. The van der Waals surface area contributed by atoms with Crippen molar-refractivity contribution in [1.82, 2.24) is 4.90 Å². The number of ether oxygens (including phenoxy) is 1. The van der Waals surface area contributed by atoms with Gasteiger partial charge in [0.25, 0.3) is 17.7 Å². The second-order valence-electron chi connectivity index (χ2n) is 7.15. The Morgan fingerprint density at radius 1 is 0.818 bits per heavy atom. The van der Waals surface area contributed by atoms with E-state index in [1.54, 1.807) is 24.3 Å². The molecule has 0 spiro atoms. The lowest BCUT2D eigenvalue weighted by Gasteiger charge is -2.13. The number of carbonyl (C=O) groups is 4. The summed E-state index contributed by atoms with van der Waals surface area (Å²) in [4.78, 5) is 49.9. The van der Waals surface area contributed by atoms with Gasteiger partial charge >= 0.3 is 5.97 Å². The standard InChI is InChI=1S/C22H18Cl4N2O5/c23-17-15-16(18(24)20(26)19(17)25)22(32)28(21(15)31)10-6-2-5-9-14(30)33-11-13(29)27-12-7-3-1-4-8-12/h1,3-4,7-8H,2,5-6,9-11H2,(H,27,29). The van der Waals surface area contributed by atoms with Gasteiger partial charge in [-0.3, -0.25) is 24.1 Å². The SMILES string of the molecule is O=C(COC(=O)CCCCCN1C(=O)c2c(Cl)c(Cl)c(Cl)c(Cl)c2C1=O)Nc1ccccc1. The molecule has 0 bridgehead atoms. The van der Waals surface area contributed by atoms with Crippen LogP contribution in [0, 0.1) is 0 Å². The molecule has 0 saturated carbocycles. The van der Waals surface area contributed by atoms with Gasteiger partial charge in [-0.2, -0.15) is 0 Å². The first-order valence-corrected chi connectivity index (χ1v) is 11.5. The van der Waals surface area contributed by atoms with Gasteiger partial charge in [-0.1, -0.05) is 71.0 Å². The second-order valence-corrected chi connectivity index (χ2v) is 8.67. The zero-order valence-corrected chi connectivity index (χ0v) is 20.2. The molecular weight excluding hydrogens is 514 g/mol. The van der Waals surface area contributed by atoms with E-state index in [1.807, 2.05) is 6.07 Å². The number of para-hydroxylation sites is 1. The molecule has 0 aliphatic carbocycles. The van der Waals surface area contributed by atoms with Crippen molar-refractivity contribution < 1.29 is 23.9 Å². The summed E-state index contributed by atoms with van der Waals surface area (Å²) in [5, 5.41) is 2.23. The van der Waals surface area contributed by atoms with Crippen LogP contribution in [-0.4, -0.2) is 41.7 Å². The predicted molar refractivity (Wildman–Crippen MR) is 126 cm³/mol. The molecule has 0 aromatic heterocycles. The fourth-order valence-corrected chi connectivity index (χ4v) is 4.27. The average molecular weight is 532 g/mol. The molecule has 2 aromatic rings. The summed E-state index contributed by atoms with van der Waals surface area (Å²) >= 11 is 24.2. The van der Waals surface area contributed by atoms with Crippen molar-refractivity contribution in [2.75, 3.05) is 18.5 Å². The number of benzene rings is 2. The molecule has 174 valence electrons. The van der Waals surface area contributed by atoms with E-state index in [1.165, 1.54) is 0 Å². The Balaban J connectivity index is 1.40. The van der Waals surface area contributed by atoms with Crippen LogP contribution in [0.5, 0.6) is 0 Å². The van der Waals surface area contributed by atoms with Gasteiger partial charge in [0, 0.05) is 18.7 Å². The zero-order valence-electron chi connectivity index (χ0n) is 17.1. The Morgan fingerprint density at radius 2 is 1.39 bits per heavy atom. The Labute approximate surface area is 209 Å². The number of hydrogen-bond donors (Lipinski definition) is 1. The first-order valence-electron chi connectivity index (χ1n) is 9.95.